The van der Waals surface area contributed by atoms with Gasteiger partial charge in [-0.25, -0.2) is 0 Å². The lowest BCUT2D eigenvalue weighted by molar-refractivity contribution is -0.195. The molecule has 4 atom stereocenters. The van der Waals surface area contributed by atoms with Crippen LogP contribution in [0.1, 0.15) is 27.7 Å². The van der Waals surface area contributed by atoms with Gasteiger partial charge in [0.15, 0.2) is 24.6 Å². The Kier molecular flexibility index (Phi) is 9.25. The molecule has 0 aromatic rings. The number of carbonyl (C=O) groups excluding carboxylic acids is 5. The van der Waals surface area contributed by atoms with Gasteiger partial charge < -0.3 is 24.1 Å². The van der Waals surface area contributed by atoms with Crippen molar-refractivity contribution in [3.8, 4) is 0 Å². The van der Waals surface area contributed by atoms with E-state index in [2.05, 4.69) is 4.74 Å². The average molecular weight is 348 g/mol. The summed E-state index contributed by atoms with van der Waals surface area (Å²) < 4.78 is 19.0. The van der Waals surface area contributed by atoms with Crippen LogP contribution in [-0.4, -0.2) is 66.3 Å². The van der Waals surface area contributed by atoms with Crippen molar-refractivity contribution in [3.05, 3.63) is 0 Å². The topological polar surface area (TPSA) is 143 Å². The van der Waals surface area contributed by atoms with Crippen molar-refractivity contribution in [1.82, 2.24) is 0 Å². The summed E-state index contributed by atoms with van der Waals surface area (Å²) in [6.45, 7) is 3.52. The molecule has 0 aromatic carbocycles. The van der Waals surface area contributed by atoms with Crippen molar-refractivity contribution < 1.29 is 48.0 Å². The van der Waals surface area contributed by atoms with Gasteiger partial charge in [-0.05, 0) is 0 Å². The number of rotatable bonds is 9. The summed E-state index contributed by atoms with van der Waals surface area (Å²) in [5.74, 6) is -3.32. The predicted octanol–water partition coefficient (Wildman–Crippen LogP) is -1.10. The van der Waals surface area contributed by atoms with Crippen LogP contribution in [0.3, 0.4) is 0 Å². The Morgan fingerprint density at radius 3 is 1.67 bits per heavy atom. The monoisotopic (exact) mass is 348 g/mol. The minimum absolute atomic E-state index is 0.157. The largest absolute Gasteiger partial charge is 0.463 e. The third kappa shape index (κ3) is 8.22. The first kappa shape index (κ1) is 21.5. The Balaban J connectivity index is 5.55. The minimum Gasteiger partial charge on any atom is -0.463 e. The van der Waals surface area contributed by atoms with Crippen LogP contribution in [-0.2, 0) is 42.9 Å². The maximum Gasteiger partial charge on any atom is 0.303 e. The van der Waals surface area contributed by atoms with E-state index in [1.54, 1.807) is 0 Å². The van der Waals surface area contributed by atoms with Gasteiger partial charge >= 0.3 is 23.9 Å². The summed E-state index contributed by atoms with van der Waals surface area (Å²) in [6, 6.07) is 0. The summed E-state index contributed by atoms with van der Waals surface area (Å²) in [5.41, 5.74) is 0. The number of hydrogen-bond acceptors (Lipinski definition) is 10. The quantitative estimate of drug-likeness (QED) is 0.310. The van der Waals surface area contributed by atoms with Gasteiger partial charge in [-0.1, -0.05) is 0 Å². The molecular weight excluding hydrogens is 328 g/mol. The number of hydrogen-bond donors (Lipinski definition) is 1. The third-order valence-electron chi connectivity index (χ3n) is 2.52. The number of aliphatic hydroxyl groups is 1. The van der Waals surface area contributed by atoms with Crippen LogP contribution >= 0.6 is 0 Å². The SMILES string of the molecule is CC(=O)OCC(O)C(OC(C)=O)C(OC(C)=O)C(C=O)OC(C)=O. The Bertz CT molecular complexity index is 486. The molecule has 10 nitrogen and oxygen atoms in total. The predicted molar refractivity (Wildman–Crippen MR) is 75.4 cm³/mol. The van der Waals surface area contributed by atoms with E-state index in [0.29, 0.717) is 0 Å². The molecule has 0 aromatic heterocycles. The molecule has 0 bridgehead atoms. The van der Waals surface area contributed by atoms with Gasteiger partial charge in [0.25, 0.3) is 0 Å². The van der Waals surface area contributed by atoms with E-state index in [4.69, 9.17) is 14.2 Å². The summed E-state index contributed by atoms with van der Waals surface area (Å²) >= 11 is 0. The van der Waals surface area contributed by atoms with Gasteiger partial charge in [0, 0.05) is 27.7 Å². The van der Waals surface area contributed by atoms with Crippen LogP contribution in [0.15, 0.2) is 0 Å². The van der Waals surface area contributed by atoms with E-state index in [-0.39, 0.29) is 6.29 Å². The fourth-order valence-electron chi connectivity index (χ4n) is 1.73. The van der Waals surface area contributed by atoms with Gasteiger partial charge in [-0.2, -0.15) is 0 Å². The lowest BCUT2D eigenvalue weighted by Crippen LogP contribution is -2.52. The maximum atomic E-state index is 11.3. The Morgan fingerprint density at radius 2 is 1.29 bits per heavy atom. The summed E-state index contributed by atoms with van der Waals surface area (Å²) in [5, 5.41) is 10.1. The first-order valence-corrected chi connectivity index (χ1v) is 6.86. The molecule has 136 valence electrons. The molecule has 0 amide bonds. The molecule has 1 N–H and O–H groups in total. The van der Waals surface area contributed by atoms with E-state index >= 15 is 0 Å². The number of esters is 4. The van der Waals surface area contributed by atoms with Crippen LogP contribution in [0.2, 0.25) is 0 Å². The zero-order chi connectivity index (χ0) is 18.9. The second-order valence-electron chi connectivity index (χ2n) is 4.73. The molecule has 0 fully saturated rings. The van der Waals surface area contributed by atoms with Crippen molar-refractivity contribution in [2.75, 3.05) is 6.61 Å². The fourth-order valence-corrected chi connectivity index (χ4v) is 1.73. The Morgan fingerprint density at radius 1 is 0.833 bits per heavy atom. The highest BCUT2D eigenvalue weighted by Crippen LogP contribution is 2.17. The molecule has 0 aliphatic carbocycles. The maximum absolute atomic E-state index is 11.3. The van der Waals surface area contributed by atoms with Crippen LogP contribution in [0.5, 0.6) is 0 Å². The second-order valence-corrected chi connectivity index (χ2v) is 4.73. The Hall–Kier alpha value is -2.49. The molecule has 0 aliphatic rings. The lowest BCUT2D eigenvalue weighted by atomic mass is 10.0. The van der Waals surface area contributed by atoms with Crippen molar-refractivity contribution in [2.24, 2.45) is 0 Å². The fraction of sp³-hybridized carbons (Fsp3) is 0.643. The first-order valence-electron chi connectivity index (χ1n) is 6.86. The standard InChI is InChI=1S/C14H20O10/c1-7(16)21-6-11(20)13(23-9(3)18)14(24-10(4)19)12(5-15)22-8(2)17/h5,11-14,20H,6H2,1-4H3. The minimum atomic E-state index is -1.64. The number of aliphatic hydroxyl groups excluding tert-OH is 1. The zero-order valence-electron chi connectivity index (χ0n) is 13.7. The summed E-state index contributed by atoms with van der Waals surface area (Å²) in [7, 11) is 0. The van der Waals surface area contributed by atoms with Crippen LogP contribution in [0, 0.1) is 0 Å². The molecule has 0 radical (unpaired) electrons. The number of aldehydes is 1. The molecule has 0 saturated carbocycles. The molecule has 4 unspecified atom stereocenters. The molecule has 0 aliphatic heterocycles. The molecule has 10 heteroatoms. The van der Waals surface area contributed by atoms with Crippen LogP contribution < -0.4 is 0 Å². The van der Waals surface area contributed by atoms with E-state index in [1.807, 2.05) is 0 Å². The van der Waals surface area contributed by atoms with Crippen molar-refractivity contribution in [3.63, 3.8) is 0 Å². The van der Waals surface area contributed by atoms with Crippen LogP contribution in [0.25, 0.3) is 0 Å². The highest BCUT2D eigenvalue weighted by atomic mass is 16.6. The van der Waals surface area contributed by atoms with Crippen LogP contribution in [0.4, 0.5) is 0 Å². The number of carbonyl (C=O) groups is 5. The van der Waals surface area contributed by atoms with E-state index in [1.165, 1.54) is 0 Å². The van der Waals surface area contributed by atoms with Crippen molar-refractivity contribution in [2.45, 2.75) is 52.1 Å². The van der Waals surface area contributed by atoms with Gasteiger partial charge in [0.05, 0.1) is 0 Å². The molecule has 0 heterocycles. The summed E-state index contributed by atoms with van der Waals surface area (Å²) in [4.78, 5) is 55.6. The van der Waals surface area contributed by atoms with E-state index < -0.39 is 54.9 Å². The number of ether oxygens (including phenoxy) is 4. The van der Waals surface area contributed by atoms with E-state index in [9.17, 15) is 29.1 Å². The highest BCUT2D eigenvalue weighted by Gasteiger charge is 2.41. The van der Waals surface area contributed by atoms with Crippen molar-refractivity contribution >= 4 is 30.2 Å². The molecule has 0 rings (SSSR count). The lowest BCUT2D eigenvalue weighted by Gasteiger charge is -2.31. The smallest absolute Gasteiger partial charge is 0.303 e. The third-order valence-corrected chi connectivity index (χ3v) is 2.52. The summed E-state index contributed by atoms with van der Waals surface area (Å²) in [6.07, 6.45) is -6.36. The Labute approximate surface area is 138 Å². The molecular formula is C14H20O10. The van der Waals surface area contributed by atoms with Gasteiger partial charge in [0.2, 0.25) is 0 Å². The van der Waals surface area contributed by atoms with Gasteiger partial charge in [0.1, 0.15) is 12.7 Å². The van der Waals surface area contributed by atoms with E-state index in [0.717, 1.165) is 27.7 Å². The molecule has 24 heavy (non-hydrogen) atoms. The first-order chi connectivity index (χ1) is 11.1. The van der Waals surface area contributed by atoms with Gasteiger partial charge in [-0.15, -0.1) is 0 Å². The second kappa shape index (κ2) is 10.3. The van der Waals surface area contributed by atoms with Gasteiger partial charge in [-0.3, -0.25) is 24.0 Å². The molecule has 0 saturated heterocycles. The zero-order valence-corrected chi connectivity index (χ0v) is 13.7. The highest BCUT2D eigenvalue weighted by molar-refractivity contribution is 5.72. The average Bonchev–Trinajstić information content (AvgIpc) is 2.45. The van der Waals surface area contributed by atoms with Crippen molar-refractivity contribution in [1.29, 1.82) is 0 Å². The molecule has 0 spiro atoms. The normalized spacial score (nSPS) is 15.2.